The van der Waals surface area contributed by atoms with E-state index in [-0.39, 0.29) is 5.60 Å². The average molecular weight is 174 g/mol. The lowest BCUT2D eigenvalue weighted by Crippen LogP contribution is -2.22. The van der Waals surface area contributed by atoms with E-state index < -0.39 is 0 Å². The zero-order valence-corrected chi connectivity index (χ0v) is 8.76. The van der Waals surface area contributed by atoms with Gasteiger partial charge in [-0.15, -0.1) is 0 Å². The minimum Gasteiger partial charge on any atom is -0.396 e. The van der Waals surface area contributed by atoms with Crippen LogP contribution in [0.4, 0.5) is 0 Å². The molecule has 0 heterocycles. The molecule has 0 aliphatic heterocycles. The molecule has 0 saturated heterocycles. The van der Waals surface area contributed by atoms with Gasteiger partial charge >= 0.3 is 0 Å². The van der Waals surface area contributed by atoms with Crippen molar-refractivity contribution in [3.05, 3.63) is 0 Å². The van der Waals surface area contributed by atoms with E-state index in [1.54, 1.807) is 7.11 Å². The summed E-state index contributed by atoms with van der Waals surface area (Å²) in [4.78, 5) is 0. The molecular formula is C10H22O2. The highest BCUT2D eigenvalue weighted by Gasteiger charge is 2.15. The van der Waals surface area contributed by atoms with E-state index in [1.807, 2.05) is 0 Å². The van der Waals surface area contributed by atoms with Gasteiger partial charge in [-0.2, -0.15) is 0 Å². The van der Waals surface area contributed by atoms with Crippen molar-refractivity contribution in [1.29, 1.82) is 0 Å². The molecular weight excluding hydrogens is 152 g/mol. The first-order valence-corrected chi connectivity index (χ1v) is 4.68. The van der Waals surface area contributed by atoms with Gasteiger partial charge in [0.1, 0.15) is 0 Å². The van der Waals surface area contributed by atoms with Gasteiger partial charge in [-0.1, -0.05) is 13.3 Å². The largest absolute Gasteiger partial charge is 0.396 e. The lowest BCUT2D eigenvalue weighted by molar-refractivity contribution is 0.0122. The first-order chi connectivity index (χ1) is 5.52. The molecule has 0 spiro atoms. The Hall–Kier alpha value is -0.0800. The summed E-state index contributed by atoms with van der Waals surface area (Å²) < 4.78 is 5.29. The second-order valence-corrected chi connectivity index (χ2v) is 4.14. The monoisotopic (exact) mass is 174 g/mol. The van der Waals surface area contributed by atoms with Crippen LogP contribution in [0.3, 0.4) is 0 Å². The minimum absolute atomic E-state index is 0.00479. The highest BCUT2D eigenvalue weighted by Crippen LogP contribution is 2.18. The fourth-order valence-electron chi connectivity index (χ4n) is 1.07. The normalized spacial score (nSPS) is 14.8. The summed E-state index contributed by atoms with van der Waals surface area (Å²) >= 11 is 0. The van der Waals surface area contributed by atoms with Crippen LogP contribution < -0.4 is 0 Å². The molecule has 0 rings (SSSR count). The highest BCUT2D eigenvalue weighted by atomic mass is 16.5. The van der Waals surface area contributed by atoms with Crippen molar-refractivity contribution in [3.8, 4) is 0 Å². The van der Waals surface area contributed by atoms with Gasteiger partial charge in [0.05, 0.1) is 5.60 Å². The Labute approximate surface area is 75.9 Å². The van der Waals surface area contributed by atoms with E-state index in [0.717, 1.165) is 19.3 Å². The maximum absolute atomic E-state index is 8.79. The van der Waals surface area contributed by atoms with E-state index in [2.05, 4.69) is 20.8 Å². The molecule has 0 bridgehead atoms. The number of hydrogen-bond acceptors (Lipinski definition) is 2. The van der Waals surface area contributed by atoms with Gasteiger partial charge in [0.15, 0.2) is 0 Å². The maximum atomic E-state index is 8.79. The Morgan fingerprint density at radius 1 is 1.42 bits per heavy atom. The van der Waals surface area contributed by atoms with Crippen LogP contribution in [0.5, 0.6) is 0 Å². The Morgan fingerprint density at radius 2 is 2.00 bits per heavy atom. The molecule has 0 radical (unpaired) electrons. The number of ether oxygens (including phenoxy) is 1. The average Bonchev–Trinajstić information content (AvgIpc) is 2.04. The van der Waals surface area contributed by atoms with E-state index >= 15 is 0 Å². The third kappa shape index (κ3) is 5.56. The van der Waals surface area contributed by atoms with Crippen LogP contribution in [0, 0.1) is 5.92 Å². The van der Waals surface area contributed by atoms with Crippen LogP contribution >= 0.6 is 0 Å². The standard InChI is InChI=1S/C10H22O2/c1-9(8-11)6-5-7-10(2,3)12-4/h9,11H,5-8H2,1-4H3/t9-/m1/s1. The van der Waals surface area contributed by atoms with Gasteiger partial charge in [0, 0.05) is 13.7 Å². The minimum atomic E-state index is -0.00479. The van der Waals surface area contributed by atoms with Crippen LogP contribution in [0.15, 0.2) is 0 Å². The number of rotatable bonds is 6. The molecule has 0 aliphatic rings. The van der Waals surface area contributed by atoms with E-state index in [0.29, 0.717) is 12.5 Å². The predicted molar refractivity (Wildman–Crippen MR) is 51.2 cm³/mol. The number of hydrogen-bond donors (Lipinski definition) is 1. The maximum Gasteiger partial charge on any atom is 0.0622 e. The lowest BCUT2D eigenvalue weighted by atomic mass is 9.97. The third-order valence-corrected chi connectivity index (χ3v) is 2.34. The zero-order valence-electron chi connectivity index (χ0n) is 8.76. The molecule has 12 heavy (non-hydrogen) atoms. The second-order valence-electron chi connectivity index (χ2n) is 4.14. The molecule has 1 N–H and O–H groups in total. The van der Waals surface area contributed by atoms with E-state index in [1.165, 1.54) is 0 Å². The molecule has 0 aromatic carbocycles. The molecule has 0 saturated carbocycles. The molecule has 0 amide bonds. The fraction of sp³-hybridized carbons (Fsp3) is 1.00. The SMILES string of the molecule is COC(C)(C)CCC[C@@H](C)CO. The van der Waals surface area contributed by atoms with Gasteiger partial charge in [-0.25, -0.2) is 0 Å². The molecule has 2 nitrogen and oxygen atoms in total. The Bertz CT molecular complexity index is 110. The molecule has 0 unspecified atom stereocenters. The molecule has 2 heteroatoms. The molecule has 0 aromatic heterocycles. The van der Waals surface area contributed by atoms with Crippen molar-refractivity contribution in [2.75, 3.05) is 13.7 Å². The smallest absolute Gasteiger partial charge is 0.0622 e. The van der Waals surface area contributed by atoms with E-state index in [4.69, 9.17) is 9.84 Å². The van der Waals surface area contributed by atoms with Crippen LogP contribution in [0.2, 0.25) is 0 Å². The van der Waals surface area contributed by atoms with Crippen molar-refractivity contribution in [1.82, 2.24) is 0 Å². The van der Waals surface area contributed by atoms with Crippen LogP contribution in [0.1, 0.15) is 40.0 Å². The topological polar surface area (TPSA) is 29.5 Å². The van der Waals surface area contributed by atoms with Gasteiger partial charge in [0.25, 0.3) is 0 Å². The Balaban J connectivity index is 3.42. The summed E-state index contributed by atoms with van der Waals surface area (Å²) in [6.45, 7) is 6.56. The summed E-state index contributed by atoms with van der Waals surface area (Å²) in [6.07, 6.45) is 3.28. The Morgan fingerprint density at radius 3 is 2.42 bits per heavy atom. The van der Waals surface area contributed by atoms with Crippen molar-refractivity contribution in [3.63, 3.8) is 0 Å². The van der Waals surface area contributed by atoms with Crippen LogP contribution in [0.25, 0.3) is 0 Å². The summed E-state index contributed by atoms with van der Waals surface area (Å²) in [6, 6.07) is 0. The Kier molecular flexibility index (Phi) is 5.51. The summed E-state index contributed by atoms with van der Waals surface area (Å²) in [7, 11) is 1.75. The zero-order chi connectivity index (χ0) is 9.61. The first kappa shape index (κ1) is 11.9. The number of aliphatic hydroxyl groups is 1. The molecule has 0 aliphatic carbocycles. The number of aliphatic hydroxyl groups excluding tert-OH is 1. The summed E-state index contributed by atoms with van der Waals surface area (Å²) in [5, 5.41) is 8.79. The summed E-state index contributed by atoms with van der Waals surface area (Å²) in [5.74, 6) is 0.428. The van der Waals surface area contributed by atoms with Gasteiger partial charge in [-0.3, -0.25) is 0 Å². The van der Waals surface area contributed by atoms with Crippen molar-refractivity contribution in [2.24, 2.45) is 5.92 Å². The lowest BCUT2D eigenvalue weighted by Gasteiger charge is -2.23. The van der Waals surface area contributed by atoms with Crippen molar-refractivity contribution < 1.29 is 9.84 Å². The van der Waals surface area contributed by atoms with E-state index in [9.17, 15) is 0 Å². The van der Waals surface area contributed by atoms with Gasteiger partial charge in [-0.05, 0) is 32.6 Å². The predicted octanol–water partition coefficient (Wildman–Crippen LogP) is 2.21. The molecule has 0 fully saturated rings. The van der Waals surface area contributed by atoms with Crippen molar-refractivity contribution in [2.45, 2.75) is 45.6 Å². The highest BCUT2D eigenvalue weighted by molar-refractivity contribution is 4.67. The first-order valence-electron chi connectivity index (χ1n) is 4.68. The van der Waals surface area contributed by atoms with Crippen LogP contribution in [-0.2, 0) is 4.74 Å². The van der Waals surface area contributed by atoms with Crippen molar-refractivity contribution >= 4 is 0 Å². The third-order valence-electron chi connectivity index (χ3n) is 2.34. The quantitative estimate of drug-likeness (QED) is 0.669. The second kappa shape index (κ2) is 5.55. The van der Waals surface area contributed by atoms with Gasteiger partial charge in [0.2, 0.25) is 0 Å². The number of methoxy groups -OCH3 is 1. The summed E-state index contributed by atoms with van der Waals surface area (Å²) in [5.41, 5.74) is -0.00479. The fourth-order valence-corrected chi connectivity index (χ4v) is 1.07. The molecule has 1 atom stereocenters. The van der Waals surface area contributed by atoms with Crippen LogP contribution in [-0.4, -0.2) is 24.4 Å². The molecule has 0 aromatic rings. The molecule has 74 valence electrons. The van der Waals surface area contributed by atoms with Gasteiger partial charge < -0.3 is 9.84 Å².